The predicted octanol–water partition coefficient (Wildman–Crippen LogP) is 0.585. The molecule has 0 amide bonds. The second-order valence-corrected chi connectivity index (χ2v) is 3.68. The molecule has 2 aromatic heterocycles. The molecule has 4 N–H and O–H groups in total. The van der Waals surface area contributed by atoms with Gasteiger partial charge < -0.3 is 5.73 Å². The van der Waals surface area contributed by atoms with Crippen LogP contribution in [0.5, 0.6) is 0 Å². The smallest absolute Gasteiger partial charge is 0.206 e. The number of anilines is 1. The second kappa shape index (κ2) is 3.59. The van der Waals surface area contributed by atoms with Crippen molar-refractivity contribution in [3.8, 4) is 0 Å². The van der Waals surface area contributed by atoms with E-state index < -0.39 is 0 Å². The first-order valence-electron chi connectivity index (χ1n) is 4.27. The minimum absolute atomic E-state index is 0.309. The SMILES string of the molecule is Cc1nc2nc(SN)nc(N)c2nc1C. The Kier molecular flexibility index (Phi) is 2.41. The fraction of sp³-hybridized carbons (Fsp3) is 0.250. The summed E-state index contributed by atoms with van der Waals surface area (Å²) >= 11 is 0.938. The molecule has 0 aliphatic heterocycles. The molecule has 78 valence electrons. The van der Waals surface area contributed by atoms with Gasteiger partial charge in [0.05, 0.1) is 11.4 Å². The van der Waals surface area contributed by atoms with Gasteiger partial charge in [-0.15, -0.1) is 0 Å². The van der Waals surface area contributed by atoms with Gasteiger partial charge in [-0.3, -0.25) is 5.14 Å². The van der Waals surface area contributed by atoms with Gasteiger partial charge in [0.25, 0.3) is 0 Å². The molecule has 2 heterocycles. The van der Waals surface area contributed by atoms with Crippen LogP contribution in [0.3, 0.4) is 0 Å². The summed E-state index contributed by atoms with van der Waals surface area (Å²) in [5.74, 6) is 0.309. The lowest BCUT2D eigenvalue weighted by Gasteiger charge is -2.04. The van der Waals surface area contributed by atoms with E-state index in [-0.39, 0.29) is 0 Å². The summed E-state index contributed by atoms with van der Waals surface area (Å²) < 4.78 is 0. The van der Waals surface area contributed by atoms with Crippen LogP contribution in [-0.2, 0) is 0 Å². The van der Waals surface area contributed by atoms with Gasteiger partial charge in [-0.25, -0.2) is 15.0 Å². The fourth-order valence-electron chi connectivity index (χ4n) is 1.17. The Balaban J connectivity index is 2.80. The molecule has 0 saturated heterocycles. The van der Waals surface area contributed by atoms with Crippen LogP contribution in [-0.4, -0.2) is 19.9 Å². The Bertz CT molecular complexity index is 526. The summed E-state index contributed by atoms with van der Waals surface area (Å²) in [5.41, 5.74) is 8.39. The second-order valence-electron chi connectivity index (χ2n) is 3.08. The molecule has 0 atom stereocenters. The zero-order valence-corrected chi connectivity index (χ0v) is 9.17. The minimum atomic E-state index is 0.309. The van der Waals surface area contributed by atoms with Gasteiger partial charge in [0.1, 0.15) is 0 Å². The molecule has 0 aromatic carbocycles. The normalized spacial score (nSPS) is 10.9. The quantitative estimate of drug-likeness (QED) is 0.537. The third kappa shape index (κ3) is 1.71. The van der Waals surface area contributed by atoms with Crippen molar-refractivity contribution in [2.45, 2.75) is 19.0 Å². The van der Waals surface area contributed by atoms with E-state index in [0.29, 0.717) is 22.1 Å². The number of nitrogen functional groups attached to an aromatic ring is 1. The number of nitrogens with zero attached hydrogens (tertiary/aromatic N) is 4. The Labute approximate surface area is 90.7 Å². The summed E-state index contributed by atoms with van der Waals surface area (Å²) in [6, 6.07) is 0. The highest BCUT2D eigenvalue weighted by Gasteiger charge is 2.09. The van der Waals surface area contributed by atoms with Crippen molar-refractivity contribution in [2.75, 3.05) is 5.73 Å². The van der Waals surface area contributed by atoms with Crippen molar-refractivity contribution in [2.24, 2.45) is 5.14 Å². The Hall–Kier alpha value is -1.47. The lowest BCUT2D eigenvalue weighted by atomic mass is 10.3. The Morgan fingerprint density at radius 2 is 1.67 bits per heavy atom. The molecular formula is C8H10N6S. The molecule has 7 heteroatoms. The molecular weight excluding hydrogens is 212 g/mol. The summed E-state index contributed by atoms with van der Waals surface area (Å²) in [6.07, 6.45) is 0. The molecule has 2 aromatic rings. The molecule has 0 saturated carbocycles. The van der Waals surface area contributed by atoms with Crippen LogP contribution in [0.2, 0.25) is 0 Å². The monoisotopic (exact) mass is 222 g/mol. The average Bonchev–Trinajstić information content (AvgIpc) is 2.21. The van der Waals surface area contributed by atoms with Crippen molar-refractivity contribution in [1.29, 1.82) is 0 Å². The molecule has 0 bridgehead atoms. The number of fused-ring (bicyclic) bond motifs is 1. The van der Waals surface area contributed by atoms with Gasteiger partial charge in [0.2, 0.25) is 5.16 Å². The molecule has 0 radical (unpaired) electrons. The zero-order chi connectivity index (χ0) is 11.0. The van der Waals surface area contributed by atoms with Crippen LogP contribution in [0.1, 0.15) is 11.4 Å². The lowest BCUT2D eigenvalue weighted by molar-refractivity contribution is 0.969. The van der Waals surface area contributed by atoms with Crippen LogP contribution in [0.25, 0.3) is 11.2 Å². The third-order valence-electron chi connectivity index (χ3n) is 2.05. The van der Waals surface area contributed by atoms with E-state index >= 15 is 0 Å². The Morgan fingerprint density at radius 3 is 2.33 bits per heavy atom. The first-order valence-corrected chi connectivity index (χ1v) is 5.15. The third-order valence-corrected chi connectivity index (χ3v) is 2.45. The molecule has 15 heavy (non-hydrogen) atoms. The van der Waals surface area contributed by atoms with Crippen LogP contribution in [0.15, 0.2) is 5.16 Å². The average molecular weight is 222 g/mol. The molecule has 0 spiro atoms. The highest BCUT2D eigenvalue weighted by atomic mass is 32.2. The number of aromatic nitrogens is 4. The van der Waals surface area contributed by atoms with Crippen molar-refractivity contribution in [3.05, 3.63) is 11.4 Å². The van der Waals surface area contributed by atoms with E-state index in [9.17, 15) is 0 Å². The van der Waals surface area contributed by atoms with Crippen molar-refractivity contribution >= 4 is 28.9 Å². The maximum Gasteiger partial charge on any atom is 0.206 e. The molecule has 2 rings (SSSR count). The van der Waals surface area contributed by atoms with Crippen LogP contribution >= 0.6 is 11.9 Å². The topological polar surface area (TPSA) is 104 Å². The fourth-order valence-corrected chi connectivity index (χ4v) is 1.46. The molecule has 0 aliphatic carbocycles. The van der Waals surface area contributed by atoms with Crippen LogP contribution in [0.4, 0.5) is 5.82 Å². The lowest BCUT2D eigenvalue weighted by Crippen LogP contribution is -2.03. The highest BCUT2D eigenvalue weighted by molar-refractivity contribution is 7.96. The zero-order valence-electron chi connectivity index (χ0n) is 8.35. The number of aryl methyl sites for hydroxylation is 2. The van der Waals surface area contributed by atoms with Gasteiger partial charge in [-0.2, -0.15) is 4.98 Å². The van der Waals surface area contributed by atoms with E-state index in [0.717, 1.165) is 23.3 Å². The molecule has 0 unspecified atom stereocenters. The van der Waals surface area contributed by atoms with Crippen LogP contribution in [0, 0.1) is 13.8 Å². The number of rotatable bonds is 1. The first kappa shape index (κ1) is 10.1. The van der Waals surface area contributed by atoms with Crippen molar-refractivity contribution in [3.63, 3.8) is 0 Å². The summed E-state index contributed by atoms with van der Waals surface area (Å²) in [6.45, 7) is 3.74. The largest absolute Gasteiger partial charge is 0.382 e. The number of hydrogen-bond donors (Lipinski definition) is 2. The molecule has 0 fully saturated rings. The van der Waals surface area contributed by atoms with Gasteiger partial charge >= 0.3 is 0 Å². The highest BCUT2D eigenvalue weighted by Crippen LogP contribution is 2.18. The summed E-state index contributed by atoms with van der Waals surface area (Å²) in [4.78, 5) is 16.7. The van der Waals surface area contributed by atoms with Gasteiger partial charge in [-0.05, 0) is 25.8 Å². The van der Waals surface area contributed by atoms with E-state index in [1.54, 1.807) is 0 Å². The standard InChI is InChI=1S/C8H10N6S/c1-3-4(2)12-7-5(11-3)6(9)13-8(14-7)15-10/h10H2,1-2H3,(H2,9,12,13,14). The van der Waals surface area contributed by atoms with Crippen molar-refractivity contribution < 1.29 is 0 Å². The van der Waals surface area contributed by atoms with E-state index in [1.165, 1.54) is 0 Å². The first-order chi connectivity index (χ1) is 7.11. The van der Waals surface area contributed by atoms with Gasteiger partial charge in [0, 0.05) is 0 Å². The van der Waals surface area contributed by atoms with Gasteiger partial charge in [0.15, 0.2) is 17.0 Å². The maximum atomic E-state index is 5.73. The molecule has 6 nitrogen and oxygen atoms in total. The number of nitrogens with two attached hydrogens (primary N) is 2. The number of hydrogen-bond acceptors (Lipinski definition) is 7. The van der Waals surface area contributed by atoms with Crippen LogP contribution < -0.4 is 10.9 Å². The molecule has 0 aliphatic rings. The Morgan fingerprint density at radius 1 is 1.00 bits per heavy atom. The van der Waals surface area contributed by atoms with E-state index in [2.05, 4.69) is 19.9 Å². The minimum Gasteiger partial charge on any atom is -0.382 e. The van der Waals surface area contributed by atoms with E-state index in [1.807, 2.05) is 13.8 Å². The van der Waals surface area contributed by atoms with Gasteiger partial charge in [-0.1, -0.05) is 0 Å². The summed E-state index contributed by atoms with van der Waals surface area (Å²) in [5, 5.41) is 5.77. The maximum absolute atomic E-state index is 5.73. The van der Waals surface area contributed by atoms with Crippen molar-refractivity contribution in [1.82, 2.24) is 19.9 Å². The summed E-state index contributed by atoms with van der Waals surface area (Å²) in [7, 11) is 0. The van der Waals surface area contributed by atoms with E-state index in [4.69, 9.17) is 10.9 Å². The predicted molar refractivity (Wildman–Crippen MR) is 59.1 cm³/mol.